The van der Waals surface area contributed by atoms with Gasteiger partial charge in [0.1, 0.15) is 0 Å². The van der Waals surface area contributed by atoms with Gasteiger partial charge in [-0.15, -0.1) is 0 Å². The van der Waals surface area contributed by atoms with Gasteiger partial charge in [0.15, 0.2) is 0 Å². The third-order valence-corrected chi connectivity index (χ3v) is 5.85. The smallest absolute Gasteiger partial charge is 0.248 e. The van der Waals surface area contributed by atoms with E-state index in [1.54, 1.807) is 6.07 Å². The molecule has 2 aliphatic carbocycles. The lowest BCUT2D eigenvalue weighted by Crippen LogP contribution is -2.50. The van der Waals surface area contributed by atoms with Crippen molar-refractivity contribution in [3.63, 3.8) is 0 Å². The lowest BCUT2D eigenvalue weighted by atomic mass is 9.63. The molecule has 0 saturated heterocycles. The lowest BCUT2D eigenvalue weighted by Gasteiger charge is -2.42. The molecule has 2 aliphatic rings. The average Bonchev–Trinajstić information content (AvgIpc) is 2.54. The number of aromatic nitrogens is 1. The number of nitrogens with one attached hydrogen (secondary N) is 2. The summed E-state index contributed by atoms with van der Waals surface area (Å²) in [6.07, 6.45) is 5.70. The predicted molar refractivity (Wildman–Crippen MR) is 97.6 cm³/mol. The standard InChI is InChI=1S/C21H24N2O2/c1-14-5-2-6-15(13-14)21(11-4-12-21)20(25)23-18-8-3-7-17-16(18)9-10-19(24)22-17/h2,5-6,9-10,13,18H,3-4,7-8,11-12H2,1H3,(H,22,24)(H,23,25). The molecule has 2 N–H and O–H groups in total. The lowest BCUT2D eigenvalue weighted by molar-refractivity contribution is -0.130. The van der Waals surface area contributed by atoms with Crippen LogP contribution in [0.2, 0.25) is 0 Å². The van der Waals surface area contributed by atoms with Crippen molar-refractivity contribution < 1.29 is 4.79 Å². The molecular weight excluding hydrogens is 312 g/mol. The molecule has 1 atom stereocenters. The van der Waals surface area contributed by atoms with E-state index >= 15 is 0 Å². The van der Waals surface area contributed by atoms with E-state index in [4.69, 9.17) is 0 Å². The minimum absolute atomic E-state index is 0.00427. The van der Waals surface area contributed by atoms with Crippen molar-refractivity contribution in [2.24, 2.45) is 0 Å². The van der Waals surface area contributed by atoms with Crippen molar-refractivity contribution >= 4 is 5.91 Å². The van der Waals surface area contributed by atoms with Gasteiger partial charge in [0, 0.05) is 11.8 Å². The second-order valence-electron chi connectivity index (χ2n) is 7.48. The molecule has 1 fully saturated rings. The number of aromatic amines is 1. The van der Waals surface area contributed by atoms with Crippen molar-refractivity contribution in [1.29, 1.82) is 0 Å². The molecule has 2 aromatic rings. The first-order chi connectivity index (χ1) is 12.1. The van der Waals surface area contributed by atoms with Gasteiger partial charge < -0.3 is 10.3 Å². The molecule has 0 aliphatic heterocycles. The highest BCUT2D eigenvalue weighted by Crippen LogP contribution is 2.45. The summed E-state index contributed by atoms with van der Waals surface area (Å²) in [7, 11) is 0. The maximum atomic E-state index is 13.2. The monoisotopic (exact) mass is 336 g/mol. The van der Waals surface area contributed by atoms with Crippen molar-refractivity contribution in [1.82, 2.24) is 10.3 Å². The average molecular weight is 336 g/mol. The Labute approximate surface area is 147 Å². The molecule has 1 saturated carbocycles. The topological polar surface area (TPSA) is 62.0 Å². The molecule has 0 bridgehead atoms. The molecule has 1 aromatic carbocycles. The summed E-state index contributed by atoms with van der Waals surface area (Å²) in [6.45, 7) is 2.07. The van der Waals surface area contributed by atoms with Crippen LogP contribution < -0.4 is 10.9 Å². The molecule has 1 unspecified atom stereocenters. The van der Waals surface area contributed by atoms with Crippen LogP contribution in [0.15, 0.2) is 41.2 Å². The van der Waals surface area contributed by atoms with Crippen LogP contribution in [0.25, 0.3) is 0 Å². The number of aryl methyl sites for hydroxylation is 2. The molecule has 25 heavy (non-hydrogen) atoms. The summed E-state index contributed by atoms with van der Waals surface area (Å²) < 4.78 is 0. The van der Waals surface area contributed by atoms with Gasteiger partial charge in [-0.25, -0.2) is 0 Å². The highest BCUT2D eigenvalue weighted by atomic mass is 16.2. The third-order valence-electron chi connectivity index (χ3n) is 5.85. The van der Waals surface area contributed by atoms with Gasteiger partial charge in [0.05, 0.1) is 11.5 Å². The minimum Gasteiger partial charge on any atom is -0.348 e. The number of benzene rings is 1. The minimum atomic E-state index is -0.383. The molecule has 4 heteroatoms. The summed E-state index contributed by atoms with van der Waals surface area (Å²) in [4.78, 5) is 27.7. The highest BCUT2D eigenvalue weighted by molar-refractivity contribution is 5.89. The summed E-state index contributed by atoms with van der Waals surface area (Å²) in [5.74, 6) is 0.133. The van der Waals surface area contributed by atoms with Crippen molar-refractivity contribution in [2.45, 2.75) is 56.9 Å². The Morgan fingerprint density at radius 1 is 1.20 bits per heavy atom. The van der Waals surface area contributed by atoms with E-state index in [-0.39, 0.29) is 22.9 Å². The van der Waals surface area contributed by atoms with Crippen LogP contribution in [0.3, 0.4) is 0 Å². The van der Waals surface area contributed by atoms with Crippen LogP contribution in [-0.4, -0.2) is 10.9 Å². The number of hydrogen-bond acceptors (Lipinski definition) is 2. The Balaban J connectivity index is 1.61. The summed E-state index contributed by atoms with van der Waals surface area (Å²) in [5.41, 5.74) is 3.92. The van der Waals surface area contributed by atoms with E-state index in [0.717, 1.165) is 55.3 Å². The van der Waals surface area contributed by atoms with Gasteiger partial charge >= 0.3 is 0 Å². The molecule has 4 rings (SSSR count). The van der Waals surface area contributed by atoms with E-state index in [9.17, 15) is 9.59 Å². The van der Waals surface area contributed by atoms with Crippen molar-refractivity contribution in [2.75, 3.05) is 0 Å². The molecular formula is C21H24N2O2. The number of fused-ring (bicyclic) bond motifs is 1. The maximum Gasteiger partial charge on any atom is 0.248 e. The first-order valence-electron chi connectivity index (χ1n) is 9.19. The summed E-state index contributed by atoms with van der Waals surface area (Å²) in [5, 5.41) is 3.29. The van der Waals surface area contributed by atoms with Gasteiger partial charge in [-0.05, 0) is 56.2 Å². The van der Waals surface area contributed by atoms with E-state index in [1.807, 2.05) is 12.1 Å². The van der Waals surface area contributed by atoms with E-state index in [2.05, 4.69) is 35.4 Å². The van der Waals surface area contributed by atoms with Crippen LogP contribution in [0, 0.1) is 6.92 Å². The highest BCUT2D eigenvalue weighted by Gasteiger charge is 2.46. The molecule has 1 aromatic heterocycles. The number of amides is 1. The molecule has 0 radical (unpaired) electrons. The fourth-order valence-corrected chi connectivity index (χ4v) is 4.27. The van der Waals surface area contributed by atoms with Crippen LogP contribution in [0.5, 0.6) is 0 Å². The van der Waals surface area contributed by atoms with Gasteiger partial charge in [-0.3, -0.25) is 9.59 Å². The van der Waals surface area contributed by atoms with Gasteiger partial charge in [-0.2, -0.15) is 0 Å². The second kappa shape index (κ2) is 6.17. The number of rotatable bonds is 3. The number of hydrogen-bond donors (Lipinski definition) is 2. The van der Waals surface area contributed by atoms with Crippen LogP contribution in [0.4, 0.5) is 0 Å². The number of pyridine rings is 1. The van der Waals surface area contributed by atoms with Crippen LogP contribution in [-0.2, 0) is 16.6 Å². The molecule has 1 heterocycles. The third kappa shape index (κ3) is 2.80. The molecule has 1 amide bonds. The first-order valence-corrected chi connectivity index (χ1v) is 9.19. The summed E-state index contributed by atoms with van der Waals surface area (Å²) >= 11 is 0. The zero-order valence-electron chi connectivity index (χ0n) is 14.6. The molecule has 4 nitrogen and oxygen atoms in total. The summed E-state index contributed by atoms with van der Waals surface area (Å²) in [6, 6.07) is 11.8. The van der Waals surface area contributed by atoms with Crippen LogP contribution >= 0.6 is 0 Å². The van der Waals surface area contributed by atoms with Crippen LogP contribution in [0.1, 0.15) is 60.5 Å². The zero-order valence-corrected chi connectivity index (χ0v) is 14.6. The Bertz CT molecular complexity index is 864. The largest absolute Gasteiger partial charge is 0.348 e. The van der Waals surface area contributed by atoms with Crippen molar-refractivity contribution in [3.8, 4) is 0 Å². The Morgan fingerprint density at radius 2 is 2.04 bits per heavy atom. The Morgan fingerprint density at radius 3 is 2.76 bits per heavy atom. The second-order valence-corrected chi connectivity index (χ2v) is 7.48. The zero-order chi connectivity index (χ0) is 17.4. The van der Waals surface area contributed by atoms with Gasteiger partial charge in [0.25, 0.3) is 0 Å². The Hall–Kier alpha value is -2.36. The quantitative estimate of drug-likeness (QED) is 0.903. The number of H-pyrrole nitrogens is 1. The number of carbonyl (C=O) groups excluding carboxylic acids is 1. The van der Waals surface area contributed by atoms with Gasteiger partial charge in [0.2, 0.25) is 11.5 Å². The van der Waals surface area contributed by atoms with Crippen molar-refractivity contribution in [3.05, 3.63) is 69.1 Å². The fraction of sp³-hybridized carbons (Fsp3) is 0.429. The van der Waals surface area contributed by atoms with Gasteiger partial charge in [-0.1, -0.05) is 36.2 Å². The fourth-order valence-electron chi connectivity index (χ4n) is 4.27. The predicted octanol–water partition coefficient (Wildman–Crippen LogP) is 3.30. The van der Waals surface area contributed by atoms with E-state index < -0.39 is 0 Å². The Kier molecular flexibility index (Phi) is 3.98. The van der Waals surface area contributed by atoms with E-state index in [1.165, 1.54) is 5.56 Å². The van der Waals surface area contributed by atoms with E-state index in [0.29, 0.717) is 0 Å². The maximum absolute atomic E-state index is 13.2. The SMILES string of the molecule is Cc1cccc(C2(C(=O)NC3CCCc4[nH]c(=O)ccc43)CCC2)c1. The molecule has 130 valence electrons. The molecule has 0 spiro atoms. The first kappa shape index (κ1) is 16.1. The normalized spacial score (nSPS) is 21.1. The number of carbonyl (C=O) groups is 1.